The number of benzene rings is 3. The van der Waals surface area contributed by atoms with Gasteiger partial charge in [-0.1, -0.05) is 36.0 Å². The number of nitro groups is 1. The molecule has 0 unspecified atom stereocenters. The quantitative estimate of drug-likeness (QED) is 0.425. The molecule has 0 bridgehead atoms. The van der Waals surface area contributed by atoms with Gasteiger partial charge >= 0.3 is 0 Å². The summed E-state index contributed by atoms with van der Waals surface area (Å²) in [7, 11) is 1.53. The van der Waals surface area contributed by atoms with Crippen molar-refractivity contribution in [1.29, 1.82) is 0 Å². The van der Waals surface area contributed by atoms with Crippen LogP contribution in [0.25, 0.3) is 0 Å². The van der Waals surface area contributed by atoms with Gasteiger partial charge in [0.05, 0.1) is 10.5 Å². The molecular formula is C22H18FN3O4S. The number of carbonyl (C=O) groups excluding carboxylic acids is 2. The lowest BCUT2D eigenvalue weighted by molar-refractivity contribution is -0.384. The van der Waals surface area contributed by atoms with Gasteiger partial charge in [-0.25, -0.2) is 4.39 Å². The van der Waals surface area contributed by atoms with Crippen molar-refractivity contribution in [3.63, 3.8) is 0 Å². The zero-order valence-corrected chi connectivity index (χ0v) is 17.2. The average Bonchev–Trinajstić information content (AvgIpc) is 2.78. The summed E-state index contributed by atoms with van der Waals surface area (Å²) in [5.41, 5.74) is 1.07. The Balaban J connectivity index is 1.81. The fraction of sp³-hybridized carbons (Fsp3) is 0.0909. The number of amides is 2. The molecule has 31 heavy (non-hydrogen) atoms. The van der Waals surface area contributed by atoms with Crippen LogP contribution in [0.1, 0.15) is 26.3 Å². The zero-order valence-electron chi connectivity index (χ0n) is 16.4. The van der Waals surface area contributed by atoms with Gasteiger partial charge in [-0.15, -0.1) is 0 Å². The number of nitrogens with one attached hydrogen (secondary N) is 2. The second-order valence-electron chi connectivity index (χ2n) is 6.43. The molecule has 9 heteroatoms. The van der Waals surface area contributed by atoms with Crippen LogP contribution >= 0.6 is 11.8 Å². The van der Waals surface area contributed by atoms with Gasteiger partial charge in [0.2, 0.25) is 0 Å². The molecule has 3 aromatic rings. The maximum Gasteiger partial charge on any atom is 0.270 e. The van der Waals surface area contributed by atoms with Gasteiger partial charge in [-0.3, -0.25) is 19.7 Å². The number of nitro benzene ring substituents is 1. The first-order valence-corrected chi connectivity index (χ1v) is 10.0. The maximum atomic E-state index is 14.0. The van der Waals surface area contributed by atoms with Gasteiger partial charge in [0.1, 0.15) is 5.82 Å². The Bertz CT molecular complexity index is 1140. The van der Waals surface area contributed by atoms with Crippen LogP contribution < -0.4 is 10.6 Å². The van der Waals surface area contributed by atoms with Crippen molar-refractivity contribution in [2.75, 3.05) is 7.05 Å². The molecule has 0 aliphatic carbocycles. The van der Waals surface area contributed by atoms with Gasteiger partial charge in [-0.05, 0) is 35.9 Å². The lowest BCUT2D eigenvalue weighted by Gasteiger charge is -2.11. The van der Waals surface area contributed by atoms with Crippen molar-refractivity contribution in [3.8, 4) is 0 Å². The summed E-state index contributed by atoms with van der Waals surface area (Å²) in [6, 6.07) is 16.6. The number of nitrogens with zero attached hydrogens (tertiary/aromatic N) is 1. The van der Waals surface area contributed by atoms with E-state index in [-0.39, 0.29) is 23.7 Å². The van der Waals surface area contributed by atoms with Crippen LogP contribution in [0, 0.1) is 15.9 Å². The Morgan fingerprint density at radius 3 is 2.35 bits per heavy atom. The summed E-state index contributed by atoms with van der Waals surface area (Å²) in [6.07, 6.45) is 0. The number of rotatable bonds is 7. The second-order valence-corrected chi connectivity index (χ2v) is 7.51. The minimum Gasteiger partial charge on any atom is -0.355 e. The molecule has 0 heterocycles. The normalized spacial score (nSPS) is 10.4. The SMILES string of the molecule is CNC(=O)c1ccc(CNC(=O)c2cc([N+](=O)[O-])ccc2Sc2ccccc2F)cc1. The standard InChI is InChI=1S/C22H18FN3O4S/c1-24-21(27)15-8-6-14(7-9-15)13-25-22(28)17-12-16(26(29)30)10-11-19(17)31-20-5-3-2-4-18(20)23/h2-12H,13H2,1H3,(H,24,27)(H,25,28). The van der Waals surface area contributed by atoms with Crippen LogP contribution in [0.2, 0.25) is 0 Å². The zero-order chi connectivity index (χ0) is 22.4. The highest BCUT2D eigenvalue weighted by Gasteiger charge is 2.18. The van der Waals surface area contributed by atoms with E-state index >= 15 is 0 Å². The first-order chi connectivity index (χ1) is 14.9. The van der Waals surface area contributed by atoms with E-state index in [1.807, 2.05) is 0 Å². The van der Waals surface area contributed by atoms with Crippen LogP contribution in [-0.4, -0.2) is 23.8 Å². The summed E-state index contributed by atoms with van der Waals surface area (Å²) >= 11 is 1.02. The van der Waals surface area contributed by atoms with Gasteiger partial charge in [0.15, 0.2) is 0 Å². The van der Waals surface area contributed by atoms with E-state index in [4.69, 9.17) is 0 Å². The number of hydrogen-bond donors (Lipinski definition) is 2. The molecule has 0 atom stereocenters. The highest BCUT2D eigenvalue weighted by molar-refractivity contribution is 7.99. The molecule has 2 N–H and O–H groups in total. The molecule has 0 spiro atoms. The summed E-state index contributed by atoms with van der Waals surface area (Å²) in [5.74, 6) is -1.20. The molecule has 3 rings (SSSR count). The van der Waals surface area contributed by atoms with Crippen LogP contribution in [0.4, 0.5) is 10.1 Å². The van der Waals surface area contributed by atoms with Crippen molar-refractivity contribution in [2.45, 2.75) is 16.3 Å². The van der Waals surface area contributed by atoms with E-state index in [2.05, 4.69) is 10.6 Å². The Kier molecular flexibility index (Phi) is 6.99. The van der Waals surface area contributed by atoms with Crippen LogP contribution in [-0.2, 0) is 6.54 Å². The largest absolute Gasteiger partial charge is 0.355 e. The topological polar surface area (TPSA) is 101 Å². The summed E-state index contributed by atoms with van der Waals surface area (Å²) in [6.45, 7) is 0.152. The predicted octanol–water partition coefficient (Wildman–Crippen LogP) is 4.17. The average molecular weight is 439 g/mol. The molecule has 0 aliphatic heterocycles. The number of halogens is 1. The fourth-order valence-corrected chi connectivity index (χ4v) is 3.69. The van der Waals surface area contributed by atoms with E-state index in [0.29, 0.717) is 15.4 Å². The van der Waals surface area contributed by atoms with E-state index in [1.165, 1.54) is 31.3 Å². The van der Waals surface area contributed by atoms with Crippen molar-refractivity contribution in [3.05, 3.63) is 99.4 Å². The molecule has 2 amide bonds. The Morgan fingerprint density at radius 2 is 1.71 bits per heavy atom. The maximum absolute atomic E-state index is 14.0. The third kappa shape index (κ3) is 5.46. The highest BCUT2D eigenvalue weighted by atomic mass is 32.2. The van der Waals surface area contributed by atoms with Gasteiger partial charge < -0.3 is 10.6 Å². The molecule has 3 aromatic carbocycles. The van der Waals surface area contributed by atoms with E-state index in [0.717, 1.165) is 17.3 Å². The molecular weight excluding hydrogens is 421 g/mol. The predicted molar refractivity (Wildman–Crippen MR) is 115 cm³/mol. The summed E-state index contributed by atoms with van der Waals surface area (Å²) < 4.78 is 14.0. The van der Waals surface area contributed by atoms with Crippen molar-refractivity contribution in [2.24, 2.45) is 0 Å². The van der Waals surface area contributed by atoms with E-state index in [9.17, 15) is 24.1 Å². The van der Waals surface area contributed by atoms with E-state index in [1.54, 1.807) is 42.5 Å². The Morgan fingerprint density at radius 1 is 1.00 bits per heavy atom. The number of non-ortho nitro benzene ring substituents is 1. The molecule has 0 fully saturated rings. The molecule has 0 radical (unpaired) electrons. The Hall–Kier alpha value is -3.72. The Labute approximate surface area is 181 Å². The van der Waals surface area contributed by atoms with Crippen LogP contribution in [0.3, 0.4) is 0 Å². The number of hydrogen-bond acceptors (Lipinski definition) is 5. The fourth-order valence-electron chi connectivity index (χ4n) is 2.74. The highest BCUT2D eigenvalue weighted by Crippen LogP contribution is 2.34. The molecule has 0 saturated heterocycles. The third-order valence-electron chi connectivity index (χ3n) is 4.37. The van der Waals surface area contributed by atoms with E-state index < -0.39 is 16.6 Å². The number of carbonyl (C=O) groups is 2. The van der Waals surface area contributed by atoms with Gasteiger partial charge in [0.25, 0.3) is 17.5 Å². The second kappa shape index (κ2) is 9.86. The molecule has 0 aromatic heterocycles. The molecule has 0 saturated carbocycles. The third-order valence-corrected chi connectivity index (χ3v) is 5.50. The smallest absolute Gasteiger partial charge is 0.270 e. The van der Waals surface area contributed by atoms with Crippen molar-refractivity contribution in [1.82, 2.24) is 10.6 Å². The van der Waals surface area contributed by atoms with Crippen LogP contribution in [0.5, 0.6) is 0 Å². The van der Waals surface area contributed by atoms with Gasteiger partial charge in [-0.2, -0.15) is 0 Å². The lowest BCUT2D eigenvalue weighted by Crippen LogP contribution is -2.23. The first kappa shape index (κ1) is 22.0. The van der Waals surface area contributed by atoms with Gasteiger partial charge in [0, 0.05) is 41.1 Å². The monoisotopic (exact) mass is 439 g/mol. The molecule has 7 nitrogen and oxygen atoms in total. The molecule has 0 aliphatic rings. The van der Waals surface area contributed by atoms with Crippen molar-refractivity contribution >= 4 is 29.3 Å². The summed E-state index contributed by atoms with van der Waals surface area (Å²) in [5, 5.41) is 16.4. The first-order valence-electron chi connectivity index (χ1n) is 9.19. The summed E-state index contributed by atoms with van der Waals surface area (Å²) in [4.78, 5) is 35.7. The lowest BCUT2D eigenvalue weighted by atomic mass is 10.1. The van der Waals surface area contributed by atoms with Crippen molar-refractivity contribution < 1.29 is 18.9 Å². The minimum absolute atomic E-state index is 0.0735. The van der Waals surface area contributed by atoms with Crippen LogP contribution in [0.15, 0.2) is 76.5 Å². The molecule has 158 valence electrons. The minimum atomic E-state index is -0.591.